The number of alkyl halides is 1. The number of fused-ring (bicyclic) bond motifs is 1. The van der Waals surface area contributed by atoms with E-state index >= 15 is 0 Å². The quantitative estimate of drug-likeness (QED) is 0.710. The largest absolute Gasteiger partial charge is 0.319 e. The Hall–Kier alpha value is -1.16. The van der Waals surface area contributed by atoms with E-state index in [4.69, 9.17) is 11.6 Å². The van der Waals surface area contributed by atoms with Gasteiger partial charge in [0.05, 0.1) is 11.4 Å². The van der Waals surface area contributed by atoms with Crippen LogP contribution in [0.25, 0.3) is 11.0 Å². The van der Waals surface area contributed by atoms with Crippen LogP contribution in [0.5, 0.6) is 0 Å². The number of hydrogen-bond acceptors (Lipinski definition) is 1. The third-order valence-electron chi connectivity index (χ3n) is 3.47. The van der Waals surface area contributed by atoms with E-state index in [0.717, 1.165) is 12.5 Å². The molecule has 21 heavy (non-hydrogen) atoms. The minimum absolute atomic E-state index is 0.0352. The molecule has 0 amide bonds. The molecular weight excluding hydrogens is 294 g/mol. The maximum absolute atomic E-state index is 14.3. The van der Waals surface area contributed by atoms with E-state index in [1.165, 1.54) is 6.07 Å². The Labute approximate surface area is 129 Å². The number of aromatic nitrogens is 2. The second-order valence-electron chi connectivity index (χ2n) is 7.28. The standard InChI is InChI=1S/C16H21ClF2N2/c1-15(2,3)9-16(4,5)21-12(8-17)20-11-7-6-10(18)13(19)14(11)21/h6-7H,8-9H2,1-5H3. The van der Waals surface area contributed by atoms with E-state index in [2.05, 4.69) is 25.8 Å². The van der Waals surface area contributed by atoms with Crippen LogP contribution in [0.1, 0.15) is 46.9 Å². The van der Waals surface area contributed by atoms with Crippen molar-refractivity contribution in [1.82, 2.24) is 9.55 Å². The van der Waals surface area contributed by atoms with Gasteiger partial charge in [-0.2, -0.15) is 0 Å². The fraction of sp³-hybridized carbons (Fsp3) is 0.562. The van der Waals surface area contributed by atoms with Gasteiger partial charge in [0.15, 0.2) is 11.6 Å². The lowest BCUT2D eigenvalue weighted by Gasteiger charge is -2.35. The van der Waals surface area contributed by atoms with Gasteiger partial charge in [-0.15, -0.1) is 11.6 Å². The molecule has 0 saturated heterocycles. The zero-order chi connectivity index (χ0) is 16.0. The summed E-state index contributed by atoms with van der Waals surface area (Å²) in [5.74, 6) is -1.01. The molecule has 0 atom stereocenters. The van der Waals surface area contributed by atoms with E-state index in [0.29, 0.717) is 11.3 Å². The molecule has 0 aliphatic heterocycles. The highest BCUT2D eigenvalue weighted by Gasteiger charge is 2.32. The van der Waals surface area contributed by atoms with E-state index in [1.807, 2.05) is 13.8 Å². The van der Waals surface area contributed by atoms with Crippen molar-refractivity contribution in [2.45, 2.75) is 52.5 Å². The van der Waals surface area contributed by atoms with Gasteiger partial charge in [-0.3, -0.25) is 0 Å². The summed E-state index contributed by atoms with van der Waals surface area (Å²) < 4.78 is 29.7. The lowest BCUT2D eigenvalue weighted by atomic mass is 9.81. The van der Waals surface area contributed by atoms with Gasteiger partial charge in [-0.05, 0) is 37.8 Å². The van der Waals surface area contributed by atoms with Crippen molar-refractivity contribution in [3.8, 4) is 0 Å². The number of rotatable bonds is 3. The average molecular weight is 315 g/mol. The van der Waals surface area contributed by atoms with E-state index in [9.17, 15) is 8.78 Å². The zero-order valence-corrected chi connectivity index (χ0v) is 13.9. The monoisotopic (exact) mass is 314 g/mol. The van der Waals surface area contributed by atoms with Gasteiger partial charge in [0, 0.05) is 5.54 Å². The Morgan fingerprint density at radius 2 is 1.76 bits per heavy atom. The zero-order valence-electron chi connectivity index (χ0n) is 13.1. The van der Waals surface area contributed by atoms with E-state index < -0.39 is 17.2 Å². The number of nitrogens with zero attached hydrogens (tertiary/aromatic N) is 2. The summed E-state index contributed by atoms with van der Waals surface area (Å²) in [5.41, 5.74) is 0.241. The van der Waals surface area contributed by atoms with E-state index in [-0.39, 0.29) is 16.8 Å². The van der Waals surface area contributed by atoms with Crippen LogP contribution in [0.2, 0.25) is 0 Å². The summed E-state index contributed by atoms with van der Waals surface area (Å²) in [6.07, 6.45) is 0.783. The van der Waals surface area contributed by atoms with Crippen molar-refractivity contribution in [2.75, 3.05) is 0 Å². The highest BCUT2D eigenvalue weighted by molar-refractivity contribution is 6.16. The predicted molar refractivity (Wildman–Crippen MR) is 82.6 cm³/mol. The lowest BCUT2D eigenvalue weighted by molar-refractivity contribution is 0.215. The van der Waals surface area contributed by atoms with Crippen LogP contribution in [0.15, 0.2) is 12.1 Å². The second kappa shape index (κ2) is 5.24. The predicted octanol–water partition coefficient (Wildman–Crippen LogP) is 5.22. The third-order valence-corrected chi connectivity index (χ3v) is 3.71. The molecule has 0 aliphatic carbocycles. The summed E-state index contributed by atoms with van der Waals surface area (Å²) in [5, 5.41) is 0. The van der Waals surface area contributed by atoms with Crippen LogP contribution in [-0.2, 0) is 11.4 Å². The summed E-state index contributed by atoms with van der Waals surface area (Å²) >= 11 is 5.97. The Kier molecular flexibility index (Phi) is 4.04. The SMILES string of the molecule is CC(C)(C)CC(C)(C)n1c(CCl)nc2ccc(F)c(F)c21. The minimum Gasteiger partial charge on any atom is -0.319 e. The van der Waals surface area contributed by atoms with Crippen molar-refractivity contribution in [3.63, 3.8) is 0 Å². The van der Waals surface area contributed by atoms with Crippen molar-refractivity contribution in [2.24, 2.45) is 5.41 Å². The summed E-state index contributed by atoms with van der Waals surface area (Å²) in [6.45, 7) is 10.3. The van der Waals surface area contributed by atoms with Crippen LogP contribution in [0.3, 0.4) is 0 Å². The summed E-state index contributed by atoms with van der Waals surface area (Å²) in [7, 11) is 0. The van der Waals surface area contributed by atoms with Crippen molar-refractivity contribution >= 4 is 22.6 Å². The number of hydrogen-bond donors (Lipinski definition) is 0. The molecule has 2 aromatic rings. The fourth-order valence-electron chi connectivity index (χ4n) is 3.27. The number of benzene rings is 1. The van der Waals surface area contributed by atoms with Crippen LogP contribution in [-0.4, -0.2) is 9.55 Å². The topological polar surface area (TPSA) is 17.8 Å². The smallest absolute Gasteiger partial charge is 0.184 e. The number of halogens is 3. The van der Waals surface area contributed by atoms with Gasteiger partial charge in [-0.1, -0.05) is 20.8 Å². The van der Waals surface area contributed by atoms with Crippen LogP contribution >= 0.6 is 11.6 Å². The van der Waals surface area contributed by atoms with Gasteiger partial charge < -0.3 is 4.57 Å². The first-order valence-electron chi connectivity index (χ1n) is 6.98. The third kappa shape index (κ3) is 3.05. The Morgan fingerprint density at radius 1 is 1.14 bits per heavy atom. The van der Waals surface area contributed by atoms with Crippen molar-refractivity contribution in [1.29, 1.82) is 0 Å². The minimum atomic E-state index is -0.865. The molecule has 2 nitrogen and oxygen atoms in total. The molecule has 1 aromatic carbocycles. The fourth-order valence-corrected chi connectivity index (χ4v) is 3.45. The van der Waals surface area contributed by atoms with Crippen molar-refractivity contribution in [3.05, 3.63) is 29.6 Å². The molecule has 0 spiro atoms. The number of imidazole rings is 1. The normalized spacial score (nSPS) is 13.1. The first-order valence-corrected chi connectivity index (χ1v) is 7.52. The van der Waals surface area contributed by atoms with Crippen LogP contribution < -0.4 is 0 Å². The second-order valence-corrected chi connectivity index (χ2v) is 7.54. The summed E-state index contributed by atoms with van der Waals surface area (Å²) in [4.78, 5) is 4.35. The maximum atomic E-state index is 14.3. The summed E-state index contributed by atoms with van der Waals surface area (Å²) in [6, 6.07) is 2.59. The highest BCUT2D eigenvalue weighted by atomic mass is 35.5. The molecule has 116 valence electrons. The van der Waals surface area contributed by atoms with Gasteiger partial charge in [0.2, 0.25) is 0 Å². The van der Waals surface area contributed by atoms with Gasteiger partial charge in [0.25, 0.3) is 0 Å². The first kappa shape index (κ1) is 16.2. The van der Waals surface area contributed by atoms with Crippen LogP contribution in [0.4, 0.5) is 8.78 Å². The Balaban J connectivity index is 2.74. The van der Waals surface area contributed by atoms with E-state index in [1.54, 1.807) is 4.57 Å². The Bertz CT molecular complexity index is 669. The average Bonchev–Trinajstić information content (AvgIpc) is 2.71. The lowest BCUT2D eigenvalue weighted by Crippen LogP contribution is -2.33. The maximum Gasteiger partial charge on any atom is 0.184 e. The molecule has 2 rings (SSSR count). The molecule has 0 saturated carbocycles. The molecule has 0 N–H and O–H groups in total. The molecule has 5 heteroatoms. The molecule has 0 aliphatic rings. The Morgan fingerprint density at radius 3 is 2.29 bits per heavy atom. The molecule has 0 bridgehead atoms. The van der Waals surface area contributed by atoms with Gasteiger partial charge in [-0.25, -0.2) is 13.8 Å². The molecule has 0 radical (unpaired) electrons. The molecular formula is C16H21ClF2N2. The highest BCUT2D eigenvalue weighted by Crippen LogP contribution is 2.37. The molecule has 0 unspecified atom stereocenters. The molecule has 1 heterocycles. The first-order chi connectivity index (χ1) is 9.57. The van der Waals surface area contributed by atoms with Gasteiger partial charge in [0.1, 0.15) is 11.3 Å². The van der Waals surface area contributed by atoms with Crippen molar-refractivity contribution < 1.29 is 8.78 Å². The van der Waals surface area contributed by atoms with Crippen LogP contribution in [0, 0.1) is 17.0 Å². The molecule has 1 aromatic heterocycles. The van der Waals surface area contributed by atoms with Gasteiger partial charge >= 0.3 is 0 Å². The molecule has 0 fully saturated rings.